The van der Waals surface area contributed by atoms with Crippen LogP contribution in [0.3, 0.4) is 0 Å². The Morgan fingerprint density at radius 1 is 1.53 bits per heavy atom. The van der Waals surface area contributed by atoms with E-state index in [1.54, 1.807) is 16.8 Å². The molecule has 15 heavy (non-hydrogen) atoms. The lowest BCUT2D eigenvalue weighted by atomic mass is 10.3. The summed E-state index contributed by atoms with van der Waals surface area (Å²) in [6.07, 6.45) is 1.72. The SMILES string of the molecule is Cc1cc(Cn2cc(Br)ccc2=O)on1. The number of hydrogen-bond acceptors (Lipinski definition) is 3. The molecule has 2 heterocycles. The molecule has 0 saturated carbocycles. The number of nitrogens with zero attached hydrogens (tertiary/aromatic N) is 2. The fourth-order valence-corrected chi connectivity index (χ4v) is 1.66. The van der Waals surface area contributed by atoms with Crippen LogP contribution in [0.1, 0.15) is 11.5 Å². The van der Waals surface area contributed by atoms with Crippen molar-refractivity contribution in [3.63, 3.8) is 0 Å². The maximum absolute atomic E-state index is 11.5. The van der Waals surface area contributed by atoms with Crippen molar-refractivity contribution < 1.29 is 4.52 Å². The minimum Gasteiger partial charge on any atom is -0.359 e. The van der Waals surface area contributed by atoms with Gasteiger partial charge >= 0.3 is 0 Å². The number of halogens is 1. The summed E-state index contributed by atoms with van der Waals surface area (Å²) in [5, 5.41) is 3.76. The highest BCUT2D eigenvalue weighted by Gasteiger charge is 2.03. The van der Waals surface area contributed by atoms with Crippen LogP contribution in [0, 0.1) is 6.92 Å². The van der Waals surface area contributed by atoms with Gasteiger partial charge in [-0.1, -0.05) is 5.16 Å². The largest absolute Gasteiger partial charge is 0.359 e. The molecule has 2 rings (SSSR count). The zero-order valence-corrected chi connectivity index (χ0v) is 9.69. The normalized spacial score (nSPS) is 10.5. The summed E-state index contributed by atoms with van der Waals surface area (Å²) in [7, 11) is 0. The molecule has 0 aliphatic carbocycles. The quantitative estimate of drug-likeness (QED) is 0.837. The number of hydrogen-bond donors (Lipinski definition) is 0. The maximum Gasteiger partial charge on any atom is 0.251 e. The van der Waals surface area contributed by atoms with Crippen LogP contribution in [0.5, 0.6) is 0 Å². The summed E-state index contributed by atoms with van der Waals surface area (Å²) in [6, 6.07) is 5.03. The molecule has 0 amide bonds. The highest BCUT2D eigenvalue weighted by Crippen LogP contribution is 2.08. The predicted octanol–water partition coefficient (Wildman–Crippen LogP) is 1.96. The van der Waals surface area contributed by atoms with Crippen molar-refractivity contribution in [2.24, 2.45) is 0 Å². The molecule has 2 aromatic heterocycles. The lowest BCUT2D eigenvalue weighted by molar-refractivity contribution is 0.371. The Hall–Kier alpha value is -1.36. The molecule has 0 atom stereocenters. The van der Waals surface area contributed by atoms with E-state index in [2.05, 4.69) is 21.1 Å². The van der Waals surface area contributed by atoms with Crippen LogP contribution in [0.2, 0.25) is 0 Å². The van der Waals surface area contributed by atoms with Gasteiger partial charge in [0.05, 0.1) is 12.2 Å². The van der Waals surface area contributed by atoms with Gasteiger partial charge < -0.3 is 9.09 Å². The first-order chi connectivity index (χ1) is 7.15. The zero-order chi connectivity index (χ0) is 10.8. The first-order valence-electron chi connectivity index (χ1n) is 4.43. The highest BCUT2D eigenvalue weighted by atomic mass is 79.9. The lowest BCUT2D eigenvalue weighted by Gasteiger charge is -2.01. The van der Waals surface area contributed by atoms with E-state index in [1.807, 2.05) is 13.0 Å². The fraction of sp³-hybridized carbons (Fsp3) is 0.200. The lowest BCUT2D eigenvalue weighted by Crippen LogP contribution is -2.18. The van der Waals surface area contributed by atoms with Crippen molar-refractivity contribution in [3.8, 4) is 0 Å². The first-order valence-corrected chi connectivity index (χ1v) is 5.22. The smallest absolute Gasteiger partial charge is 0.251 e. The van der Waals surface area contributed by atoms with Gasteiger partial charge in [-0.05, 0) is 28.9 Å². The average Bonchev–Trinajstić information content (AvgIpc) is 2.58. The second-order valence-corrected chi connectivity index (χ2v) is 4.16. The molecule has 0 aliphatic heterocycles. The Labute approximate surface area is 94.6 Å². The van der Waals surface area contributed by atoms with E-state index in [0.29, 0.717) is 12.3 Å². The molecule has 0 saturated heterocycles. The van der Waals surface area contributed by atoms with E-state index in [-0.39, 0.29) is 5.56 Å². The van der Waals surface area contributed by atoms with Crippen molar-refractivity contribution in [3.05, 3.63) is 50.7 Å². The van der Waals surface area contributed by atoms with Crippen LogP contribution in [-0.4, -0.2) is 9.72 Å². The average molecular weight is 269 g/mol. The van der Waals surface area contributed by atoms with Gasteiger partial charge in [0.1, 0.15) is 0 Å². The summed E-state index contributed by atoms with van der Waals surface area (Å²) in [6.45, 7) is 2.25. The van der Waals surface area contributed by atoms with Crippen LogP contribution < -0.4 is 5.56 Å². The molecule has 0 unspecified atom stereocenters. The first kappa shape index (κ1) is 10.2. The van der Waals surface area contributed by atoms with Crippen LogP contribution in [0.4, 0.5) is 0 Å². The van der Waals surface area contributed by atoms with Gasteiger partial charge in [0, 0.05) is 22.8 Å². The molecule has 0 spiro atoms. The zero-order valence-electron chi connectivity index (χ0n) is 8.11. The van der Waals surface area contributed by atoms with Crippen molar-refractivity contribution in [1.29, 1.82) is 0 Å². The number of aryl methyl sites for hydroxylation is 1. The van der Waals surface area contributed by atoms with E-state index in [1.165, 1.54) is 6.07 Å². The minimum absolute atomic E-state index is 0.0627. The standard InChI is InChI=1S/C10H9BrN2O2/c1-7-4-9(15-12-7)6-13-5-8(11)2-3-10(13)14/h2-5H,6H2,1H3. The molecule has 2 aromatic rings. The highest BCUT2D eigenvalue weighted by molar-refractivity contribution is 9.10. The van der Waals surface area contributed by atoms with E-state index in [4.69, 9.17) is 4.52 Å². The second-order valence-electron chi connectivity index (χ2n) is 3.25. The van der Waals surface area contributed by atoms with E-state index in [9.17, 15) is 4.79 Å². The van der Waals surface area contributed by atoms with Gasteiger partial charge in [0.15, 0.2) is 5.76 Å². The molecule has 5 heteroatoms. The Balaban J connectivity index is 2.31. The van der Waals surface area contributed by atoms with Crippen molar-refractivity contribution in [2.75, 3.05) is 0 Å². The van der Waals surface area contributed by atoms with E-state index in [0.717, 1.165) is 10.2 Å². The third-order valence-electron chi connectivity index (χ3n) is 1.95. The number of pyridine rings is 1. The van der Waals surface area contributed by atoms with E-state index < -0.39 is 0 Å². The summed E-state index contributed by atoms with van der Waals surface area (Å²) < 4.78 is 7.46. The Morgan fingerprint density at radius 3 is 3.00 bits per heavy atom. The summed E-state index contributed by atoms with van der Waals surface area (Å²) in [4.78, 5) is 11.5. The Bertz CT molecular complexity index is 530. The molecule has 0 aliphatic rings. The maximum atomic E-state index is 11.5. The summed E-state index contributed by atoms with van der Waals surface area (Å²) >= 11 is 3.31. The molecule has 0 aromatic carbocycles. The second kappa shape index (κ2) is 4.02. The Kier molecular flexibility index (Phi) is 2.73. The molecular weight excluding hydrogens is 260 g/mol. The monoisotopic (exact) mass is 268 g/mol. The van der Waals surface area contributed by atoms with Crippen LogP contribution in [-0.2, 0) is 6.54 Å². The van der Waals surface area contributed by atoms with E-state index >= 15 is 0 Å². The van der Waals surface area contributed by atoms with Crippen molar-refractivity contribution >= 4 is 15.9 Å². The molecular formula is C10H9BrN2O2. The molecule has 78 valence electrons. The van der Waals surface area contributed by atoms with Crippen molar-refractivity contribution in [1.82, 2.24) is 9.72 Å². The van der Waals surface area contributed by atoms with Crippen LogP contribution in [0.25, 0.3) is 0 Å². The summed E-state index contributed by atoms with van der Waals surface area (Å²) in [5.74, 6) is 0.674. The topological polar surface area (TPSA) is 48.0 Å². The third-order valence-corrected chi connectivity index (χ3v) is 2.42. The molecule has 4 nitrogen and oxygen atoms in total. The third kappa shape index (κ3) is 2.36. The van der Waals surface area contributed by atoms with Crippen molar-refractivity contribution in [2.45, 2.75) is 13.5 Å². The Morgan fingerprint density at radius 2 is 2.33 bits per heavy atom. The molecule has 0 bridgehead atoms. The number of rotatable bonds is 2. The molecule has 0 N–H and O–H groups in total. The van der Waals surface area contributed by atoms with Gasteiger partial charge in [-0.25, -0.2) is 0 Å². The van der Waals surface area contributed by atoms with Gasteiger partial charge in [-0.3, -0.25) is 4.79 Å². The summed E-state index contributed by atoms with van der Waals surface area (Å²) in [5.41, 5.74) is 0.750. The molecule has 0 fully saturated rings. The fourth-order valence-electron chi connectivity index (χ4n) is 1.28. The van der Waals surface area contributed by atoms with Gasteiger partial charge in [-0.15, -0.1) is 0 Å². The molecule has 0 radical (unpaired) electrons. The predicted molar refractivity (Wildman–Crippen MR) is 58.7 cm³/mol. The number of aromatic nitrogens is 2. The van der Waals surface area contributed by atoms with Gasteiger partial charge in [0.25, 0.3) is 5.56 Å². The van der Waals surface area contributed by atoms with Crippen LogP contribution >= 0.6 is 15.9 Å². The van der Waals surface area contributed by atoms with Crippen LogP contribution in [0.15, 0.2) is 38.2 Å². The van der Waals surface area contributed by atoms with Gasteiger partial charge in [-0.2, -0.15) is 0 Å². The van der Waals surface area contributed by atoms with Gasteiger partial charge in [0.2, 0.25) is 0 Å². The minimum atomic E-state index is -0.0627.